The SMILES string of the molecule is CC[C@H](C)n1nccc1NC(=O)[C@@H](C)Nc1ccc(OC)nc1. The van der Waals surface area contributed by atoms with E-state index in [1.54, 1.807) is 38.6 Å². The minimum atomic E-state index is -0.412. The highest BCUT2D eigenvalue weighted by Crippen LogP contribution is 2.17. The molecule has 2 rings (SSSR count). The molecule has 2 atom stereocenters. The molecule has 23 heavy (non-hydrogen) atoms. The van der Waals surface area contributed by atoms with Gasteiger partial charge >= 0.3 is 0 Å². The third-order valence-electron chi connectivity index (χ3n) is 3.65. The molecule has 0 radical (unpaired) electrons. The van der Waals surface area contributed by atoms with Crippen LogP contribution < -0.4 is 15.4 Å². The summed E-state index contributed by atoms with van der Waals surface area (Å²) >= 11 is 0. The maximum absolute atomic E-state index is 12.3. The van der Waals surface area contributed by atoms with Crippen LogP contribution in [-0.4, -0.2) is 33.8 Å². The summed E-state index contributed by atoms with van der Waals surface area (Å²) in [5, 5.41) is 10.3. The van der Waals surface area contributed by atoms with E-state index in [2.05, 4.69) is 34.6 Å². The molecule has 7 nitrogen and oxygen atoms in total. The Morgan fingerprint density at radius 2 is 2.13 bits per heavy atom. The highest BCUT2D eigenvalue weighted by molar-refractivity contribution is 5.95. The van der Waals surface area contributed by atoms with Crippen LogP contribution in [0, 0.1) is 0 Å². The molecule has 0 aliphatic rings. The van der Waals surface area contributed by atoms with Gasteiger partial charge in [-0.3, -0.25) is 4.79 Å². The number of pyridine rings is 1. The molecule has 0 saturated heterocycles. The fraction of sp³-hybridized carbons (Fsp3) is 0.438. The Labute approximate surface area is 136 Å². The largest absolute Gasteiger partial charge is 0.481 e. The first-order valence-electron chi connectivity index (χ1n) is 7.66. The van der Waals surface area contributed by atoms with Crippen LogP contribution >= 0.6 is 0 Å². The van der Waals surface area contributed by atoms with Crippen LogP contribution in [0.2, 0.25) is 0 Å². The number of hydrogen-bond acceptors (Lipinski definition) is 5. The molecule has 0 bridgehead atoms. The number of hydrogen-bond donors (Lipinski definition) is 2. The number of carbonyl (C=O) groups excluding carboxylic acids is 1. The first-order chi connectivity index (χ1) is 11.0. The fourth-order valence-corrected chi connectivity index (χ4v) is 2.07. The number of rotatable bonds is 7. The van der Waals surface area contributed by atoms with Gasteiger partial charge in [-0.1, -0.05) is 6.92 Å². The van der Waals surface area contributed by atoms with E-state index in [0.717, 1.165) is 12.1 Å². The molecule has 0 aliphatic carbocycles. The van der Waals surface area contributed by atoms with E-state index in [1.807, 2.05) is 10.7 Å². The van der Waals surface area contributed by atoms with Crippen molar-refractivity contribution in [1.29, 1.82) is 0 Å². The van der Waals surface area contributed by atoms with E-state index in [9.17, 15) is 4.79 Å². The number of methoxy groups -OCH3 is 1. The molecule has 1 amide bonds. The molecule has 2 aromatic rings. The van der Waals surface area contributed by atoms with Gasteiger partial charge < -0.3 is 15.4 Å². The Kier molecular flexibility index (Phi) is 5.56. The Bertz CT molecular complexity index is 638. The summed E-state index contributed by atoms with van der Waals surface area (Å²) in [6, 6.07) is 5.18. The monoisotopic (exact) mass is 317 g/mol. The van der Waals surface area contributed by atoms with Gasteiger partial charge in [0.1, 0.15) is 11.9 Å². The lowest BCUT2D eigenvalue weighted by Crippen LogP contribution is -2.32. The van der Waals surface area contributed by atoms with E-state index in [1.165, 1.54) is 0 Å². The van der Waals surface area contributed by atoms with Crippen LogP contribution in [-0.2, 0) is 4.79 Å². The molecule has 2 aromatic heterocycles. The Morgan fingerprint density at radius 3 is 2.74 bits per heavy atom. The van der Waals surface area contributed by atoms with Crippen molar-refractivity contribution in [3.05, 3.63) is 30.6 Å². The second-order valence-electron chi connectivity index (χ2n) is 5.36. The molecule has 2 N–H and O–H groups in total. The van der Waals surface area contributed by atoms with Crippen LogP contribution in [0.25, 0.3) is 0 Å². The van der Waals surface area contributed by atoms with Gasteiger partial charge in [-0.15, -0.1) is 0 Å². The van der Waals surface area contributed by atoms with Gasteiger partial charge in [0.25, 0.3) is 0 Å². The summed E-state index contributed by atoms with van der Waals surface area (Å²) in [6.45, 7) is 5.94. The minimum absolute atomic E-state index is 0.133. The molecule has 0 aliphatic heterocycles. The second-order valence-corrected chi connectivity index (χ2v) is 5.36. The van der Waals surface area contributed by atoms with Crippen LogP contribution in [0.15, 0.2) is 30.6 Å². The molecular weight excluding hydrogens is 294 g/mol. The number of nitrogens with one attached hydrogen (secondary N) is 2. The molecule has 0 aromatic carbocycles. The number of nitrogens with zero attached hydrogens (tertiary/aromatic N) is 3. The summed E-state index contributed by atoms with van der Waals surface area (Å²) in [4.78, 5) is 16.4. The predicted octanol–water partition coefficient (Wildman–Crippen LogP) is 2.70. The van der Waals surface area contributed by atoms with Crippen molar-refractivity contribution < 1.29 is 9.53 Å². The van der Waals surface area contributed by atoms with Crippen molar-refractivity contribution in [2.24, 2.45) is 0 Å². The van der Waals surface area contributed by atoms with Crippen molar-refractivity contribution >= 4 is 17.4 Å². The van der Waals surface area contributed by atoms with Crippen LogP contribution in [0.4, 0.5) is 11.5 Å². The fourth-order valence-electron chi connectivity index (χ4n) is 2.07. The molecule has 2 heterocycles. The zero-order valence-corrected chi connectivity index (χ0v) is 13.9. The zero-order valence-electron chi connectivity index (χ0n) is 13.9. The lowest BCUT2D eigenvalue weighted by Gasteiger charge is -2.18. The molecule has 0 unspecified atom stereocenters. The molecular formula is C16H23N5O2. The Balaban J connectivity index is 1.98. The van der Waals surface area contributed by atoms with Gasteiger partial charge in [0.05, 0.1) is 31.2 Å². The van der Waals surface area contributed by atoms with Gasteiger partial charge in [-0.25, -0.2) is 9.67 Å². The molecule has 0 fully saturated rings. The highest BCUT2D eigenvalue weighted by Gasteiger charge is 2.16. The number of anilines is 2. The first kappa shape index (κ1) is 16.8. The first-order valence-corrected chi connectivity index (χ1v) is 7.66. The third-order valence-corrected chi connectivity index (χ3v) is 3.65. The highest BCUT2D eigenvalue weighted by atomic mass is 16.5. The quantitative estimate of drug-likeness (QED) is 0.820. The summed E-state index contributed by atoms with van der Waals surface area (Å²) in [5.74, 6) is 1.10. The van der Waals surface area contributed by atoms with Gasteiger partial charge in [0.15, 0.2) is 0 Å². The number of ether oxygens (including phenoxy) is 1. The zero-order chi connectivity index (χ0) is 16.8. The lowest BCUT2D eigenvalue weighted by molar-refractivity contribution is -0.116. The summed E-state index contributed by atoms with van der Waals surface area (Å²) in [7, 11) is 1.56. The molecule has 7 heteroatoms. The van der Waals surface area contributed by atoms with Crippen molar-refractivity contribution in [3.8, 4) is 5.88 Å². The van der Waals surface area contributed by atoms with E-state index in [-0.39, 0.29) is 11.9 Å². The van der Waals surface area contributed by atoms with E-state index >= 15 is 0 Å². The van der Waals surface area contributed by atoms with E-state index in [0.29, 0.717) is 11.7 Å². The second kappa shape index (κ2) is 7.62. The van der Waals surface area contributed by atoms with E-state index < -0.39 is 6.04 Å². The van der Waals surface area contributed by atoms with Crippen LogP contribution in [0.5, 0.6) is 5.88 Å². The van der Waals surface area contributed by atoms with Gasteiger partial charge in [-0.05, 0) is 26.3 Å². The standard InChI is InChI=1S/C16H23N5O2/c1-5-11(2)21-14(8-9-18-21)20-16(22)12(3)19-13-6-7-15(23-4)17-10-13/h6-12,19H,5H2,1-4H3,(H,20,22)/t11-,12+/m0/s1. The summed E-state index contributed by atoms with van der Waals surface area (Å²) in [5.41, 5.74) is 0.754. The average Bonchev–Trinajstić information content (AvgIpc) is 3.02. The van der Waals surface area contributed by atoms with Crippen molar-refractivity contribution in [1.82, 2.24) is 14.8 Å². The average molecular weight is 317 g/mol. The summed E-state index contributed by atoms with van der Waals surface area (Å²) in [6.07, 6.45) is 4.26. The van der Waals surface area contributed by atoms with Crippen molar-refractivity contribution in [2.75, 3.05) is 17.7 Å². The number of aromatic nitrogens is 3. The summed E-state index contributed by atoms with van der Waals surface area (Å²) < 4.78 is 6.83. The molecule has 124 valence electrons. The number of carbonyl (C=O) groups is 1. The van der Waals surface area contributed by atoms with Gasteiger partial charge in [0, 0.05) is 12.1 Å². The number of amides is 1. The topological polar surface area (TPSA) is 81.1 Å². The van der Waals surface area contributed by atoms with Crippen LogP contribution in [0.3, 0.4) is 0 Å². The predicted molar refractivity (Wildman–Crippen MR) is 89.7 cm³/mol. The van der Waals surface area contributed by atoms with E-state index in [4.69, 9.17) is 4.74 Å². The van der Waals surface area contributed by atoms with Crippen LogP contribution in [0.1, 0.15) is 33.2 Å². The molecule has 0 saturated carbocycles. The smallest absolute Gasteiger partial charge is 0.247 e. The van der Waals surface area contributed by atoms with Gasteiger partial charge in [0.2, 0.25) is 11.8 Å². The van der Waals surface area contributed by atoms with Crippen molar-refractivity contribution in [2.45, 2.75) is 39.3 Å². The minimum Gasteiger partial charge on any atom is -0.481 e. The molecule has 0 spiro atoms. The third kappa shape index (κ3) is 4.21. The Hall–Kier alpha value is -2.57. The lowest BCUT2D eigenvalue weighted by atomic mass is 10.2. The van der Waals surface area contributed by atoms with Gasteiger partial charge in [-0.2, -0.15) is 5.10 Å². The normalized spacial score (nSPS) is 13.2. The maximum atomic E-state index is 12.3. The Morgan fingerprint density at radius 1 is 1.35 bits per heavy atom. The van der Waals surface area contributed by atoms with Crippen molar-refractivity contribution in [3.63, 3.8) is 0 Å². The maximum Gasteiger partial charge on any atom is 0.247 e.